The molecule has 0 heterocycles. The lowest BCUT2D eigenvalue weighted by molar-refractivity contribution is 0.219. The normalized spacial score (nSPS) is 11.8. The van der Waals surface area contributed by atoms with Gasteiger partial charge in [-0.05, 0) is 38.0 Å². The summed E-state index contributed by atoms with van der Waals surface area (Å²) in [5, 5.41) is 0. The van der Waals surface area contributed by atoms with Gasteiger partial charge in [0.1, 0.15) is 0 Å². The Morgan fingerprint density at radius 2 is 1.82 bits per heavy atom. The summed E-state index contributed by atoms with van der Waals surface area (Å²) in [6.45, 7) is 6.43. The third kappa shape index (κ3) is 4.55. The number of benzene rings is 1. The number of aryl methyl sites for hydroxylation is 1. The van der Waals surface area contributed by atoms with Gasteiger partial charge in [-0.1, -0.05) is 28.1 Å². The summed E-state index contributed by atoms with van der Waals surface area (Å²) >= 11 is 3.44. The third-order valence-electron chi connectivity index (χ3n) is 2.25. The van der Waals surface area contributed by atoms with Gasteiger partial charge in [0.2, 0.25) is 0 Å². The van der Waals surface area contributed by atoms with Crippen LogP contribution in [-0.2, 0) is 19.8 Å². The van der Waals surface area contributed by atoms with Crippen molar-refractivity contribution in [1.29, 1.82) is 0 Å². The highest BCUT2D eigenvalue weighted by Crippen LogP contribution is 2.51. The minimum absolute atomic E-state index is 0.322. The maximum atomic E-state index is 12.3. The fraction of sp³-hybridized carbons (Fsp3) is 0.500. The molecule has 0 unspecified atom stereocenters. The molecule has 0 saturated carbocycles. The molecular formula is C12H18BrO3P. The lowest BCUT2D eigenvalue weighted by atomic mass is 10.2. The lowest BCUT2D eigenvalue weighted by Crippen LogP contribution is -1.99. The van der Waals surface area contributed by atoms with Crippen molar-refractivity contribution < 1.29 is 13.6 Å². The number of halogens is 1. The lowest BCUT2D eigenvalue weighted by Gasteiger charge is -2.17. The zero-order valence-electron chi connectivity index (χ0n) is 10.4. The van der Waals surface area contributed by atoms with Crippen molar-refractivity contribution in [1.82, 2.24) is 0 Å². The van der Waals surface area contributed by atoms with Crippen LogP contribution in [-0.4, -0.2) is 13.2 Å². The number of hydrogen-bond acceptors (Lipinski definition) is 3. The van der Waals surface area contributed by atoms with Crippen LogP contribution in [0.2, 0.25) is 0 Å². The third-order valence-corrected chi connectivity index (χ3v) is 5.20. The molecule has 0 saturated heterocycles. The molecule has 0 aliphatic carbocycles. The van der Waals surface area contributed by atoms with Crippen LogP contribution < -0.4 is 0 Å². The Balaban J connectivity index is 2.86. The Morgan fingerprint density at radius 1 is 1.24 bits per heavy atom. The monoisotopic (exact) mass is 320 g/mol. The summed E-state index contributed by atoms with van der Waals surface area (Å²) in [6.07, 6.45) is 0.322. The van der Waals surface area contributed by atoms with Gasteiger partial charge in [0.15, 0.2) is 0 Å². The summed E-state index contributed by atoms with van der Waals surface area (Å²) in [5.41, 5.74) is 2.08. The molecule has 0 atom stereocenters. The van der Waals surface area contributed by atoms with Gasteiger partial charge in [0.25, 0.3) is 0 Å². The molecule has 0 fully saturated rings. The standard InChI is InChI=1S/C12H18BrO3P/c1-4-15-17(14,16-5-2)9-11-6-7-12(13)10(3)8-11/h6-8H,4-5,9H2,1-3H3. The van der Waals surface area contributed by atoms with Crippen molar-refractivity contribution in [3.05, 3.63) is 33.8 Å². The highest BCUT2D eigenvalue weighted by Gasteiger charge is 2.24. The van der Waals surface area contributed by atoms with Gasteiger partial charge in [-0.2, -0.15) is 0 Å². The van der Waals surface area contributed by atoms with Crippen LogP contribution in [0.4, 0.5) is 0 Å². The molecule has 1 aromatic carbocycles. The van der Waals surface area contributed by atoms with Gasteiger partial charge < -0.3 is 9.05 Å². The molecule has 0 aromatic heterocycles. The van der Waals surface area contributed by atoms with E-state index in [9.17, 15) is 4.57 Å². The molecule has 0 spiro atoms. The van der Waals surface area contributed by atoms with E-state index in [1.807, 2.05) is 39.0 Å². The number of rotatable bonds is 6. The minimum Gasteiger partial charge on any atom is -0.309 e. The number of hydrogen-bond donors (Lipinski definition) is 0. The average molecular weight is 321 g/mol. The van der Waals surface area contributed by atoms with Crippen LogP contribution in [0, 0.1) is 6.92 Å². The quantitative estimate of drug-likeness (QED) is 0.723. The van der Waals surface area contributed by atoms with E-state index in [1.165, 1.54) is 0 Å². The first-order valence-corrected chi connectivity index (χ1v) is 8.16. The molecule has 3 nitrogen and oxygen atoms in total. The van der Waals surface area contributed by atoms with Crippen LogP contribution in [0.3, 0.4) is 0 Å². The second-order valence-electron chi connectivity index (χ2n) is 3.69. The molecule has 17 heavy (non-hydrogen) atoms. The van der Waals surface area contributed by atoms with Crippen LogP contribution in [0.1, 0.15) is 25.0 Å². The molecule has 96 valence electrons. The highest BCUT2D eigenvalue weighted by atomic mass is 79.9. The summed E-state index contributed by atoms with van der Waals surface area (Å²) < 4.78 is 23.9. The second kappa shape index (κ2) is 6.69. The van der Waals surface area contributed by atoms with Crippen molar-refractivity contribution >= 4 is 23.5 Å². The Hall–Kier alpha value is -0.150. The molecule has 0 radical (unpaired) electrons. The van der Waals surface area contributed by atoms with E-state index >= 15 is 0 Å². The highest BCUT2D eigenvalue weighted by molar-refractivity contribution is 9.10. The molecule has 1 aromatic rings. The smallest absolute Gasteiger partial charge is 0.309 e. The zero-order chi connectivity index (χ0) is 12.9. The molecular weight excluding hydrogens is 303 g/mol. The predicted molar refractivity (Wildman–Crippen MR) is 73.4 cm³/mol. The Morgan fingerprint density at radius 3 is 2.29 bits per heavy atom. The average Bonchev–Trinajstić information content (AvgIpc) is 2.24. The van der Waals surface area contributed by atoms with Gasteiger partial charge in [-0.3, -0.25) is 4.57 Å². The van der Waals surface area contributed by atoms with Crippen LogP contribution in [0.5, 0.6) is 0 Å². The van der Waals surface area contributed by atoms with E-state index in [2.05, 4.69) is 15.9 Å². The van der Waals surface area contributed by atoms with Crippen LogP contribution in [0.15, 0.2) is 22.7 Å². The van der Waals surface area contributed by atoms with Gasteiger partial charge >= 0.3 is 7.60 Å². The largest absolute Gasteiger partial charge is 0.335 e. The first-order chi connectivity index (χ1) is 8.00. The fourth-order valence-electron chi connectivity index (χ4n) is 1.55. The summed E-state index contributed by atoms with van der Waals surface area (Å²) in [4.78, 5) is 0. The van der Waals surface area contributed by atoms with Gasteiger partial charge in [-0.25, -0.2) is 0 Å². The maximum absolute atomic E-state index is 12.3. The predicted octanol–water partition coefficient (Wildman–Crippen LogP) is 4.52. The van der Waals surface area contributed by atoms with Crippen LogP contribution in [0.25, 0.3) is 0 Å². The van der Waals surface area contributed by atoms with Gasteiger partial charge in [0, 0.05) is 4.47 Å². The summed E-state index contributed by atoms with van der Waals surface area (Å²) in [6, 6.07) is 5.88. The van der Waals surface area contributed by atoms with E-state index in [4.69, 9.17) is 9.05 Å². The van der Waals surface area contributed by atoms with Crippen molar-refractivity contribution in [3.63, 3.8) is 0 Å². The summed E-state index contributed by atoms with van der Waals surface area (Å²) in [5.74, 6) is 0. The summed E-state index contributed by atoms with van der Waals surface area (Å²) in [7, 11) is -2.99. The molecule has 0 bridgehead atoms. The first kappa shape index (κ1) is 14.9. The van der Waals surface area contributed by atoms with Crippen molar-refractivity contribution in [2.24, 2.45) is 0 Å². The zero-order valence-corrected chi connectivity index (χ0v) is 12.9. The fourth-order valence-corrected chi connectivity index (χ4v) is 3.49. The molecule has 5 heteroatoms. The van der Waals surface area contributed by atoms with E-state index in [-0.39, 0.29) is 0 Å². The SMILES string of the molecule is CCOP(=O)(Cc1ccc(Br)c(C)c1)OCC. The molecule has 0 aliphatic rings. The molecule has 1 rings (SSSR count). The van der Waals surface area contributed by atoms with Crippen LogP contribution >= 0.6 is 23.5 Å². The van der Waals surface area contributed by atoms with E-state index in [1.54, 1.807) is 0 Å². The first-order valence-electron chi connectivity index (χ1n) is 5.64. The minimum atomic E-state index is -2.99. The Kier molecular flexibility index (Phi) is 5.87. The van der Waals surface area contributed by atoms with Crippen molar-refractivity contribution in [2.45, 2.75) is 26.9 Å². The molecule has 0 aliphatic heterocycles. The molecule has 0 amide bonds. The Bertz CT molecular complexity index is 410. The second-order valence-corrected chi connectivity index (χ2v) is 6.60. The van der Waals surface area contributed by atoms with E-state index in [0.717, 1.165) is 15.6 Å². The van der Waals surface area contributed by atoms with E-state index < -0.39 is 7.60 Å². The van der Waals surface area contributed by atoms with Crippen molar-refractivity contribution in [2.75, 3.05) is 13.2 Å². The van der Waals surface area contributed by atoms with Gasteiger partial charge in [-0.15, -0.1) is 0 Å². The Labute approximate surface area is 111 Å². The van der Waals surface area contributed by atoms with Crippen molar-refractivity contribution in [3.8, 4) is 0 Å². The van der Waals surface area contributed by atoms with E-state index in [0.29, 0.717) is 19.4 Å². The maximum Gasteiger partial charge on any atom is 0.335 e. The van der Waals surface area contributed by atoms with Gasteiger partial charge in [0.05, 0.1) is 19.4 Å². The molecule has 0 N–H and O–H groups in total. The topological polar surface area (TPSA) is 35.5 Å².